The first-order valence-electron chi connectivity index (χ1n) is 23.7. The van der Waals surface area contributed by atoms with E-state index < -0.39 is 18.0 Å². The smallest absolute Gasteiger partial charge is 0.343 e. The monoisotopic (exact) mass is 918 g/mol. The minimum Gasteiger partial charge on any atom is -0.494 e. The summed E-state index contributed by atoms with van der Waals surface area (Å²) in [5, 5.41) is 10.5. The van der Waals surface area contributed by atoms with Crippen molar-refractivity contribution in [1.29, 1.82) is 0 Å². The molecule has 6 aromatic carbocycles. The fourth-order valence-electron chi connectivity index (χ4n) is 6.73. The summed E-state index contributed by atoms with van der Waals surface area (Å²) in [5.74, 6) is 2.64. The summed E-state index contributed by atoms with van der Waals surface area (Å²) < 4.78 is 34.3. The Labute approximate surface area is 400 Å². The van der Waals surface area contributed by atoms with E-state index in [4.69, 9.17) is 28.4 Å². The van der Waals surface area contributed by atoms with Crippen molar-refractivity contribution < 1.29 is 43.1 Å². The second-order valence-electron chi connectivity index (χ2n) is 16.3. The zero-order valence-corrected chi connectivity index (χ0v) is 39.1. The van der Waals surface area contributed by atoms with Crippen LogP contribution in [0.4, 0.5) is 11.4 Å². The molecule has 1 N–H and O–H groups in total. The molecule has 0 unspecified atom stereocenters. The van der Waals surface area contributed by atoms with Crippen molar-refractivity contribution in [3.05, 3.63) is 168 Å². The van der Waals surface area contributed by atoms with Gasteiger partial charge in [0.15, 0.2) is 0 Å². The number of ether oxygens (including phenoxy) is 6. The van der Waals surface area contributed by atoms with Gasteiger partial charge in [-0.3, -0.25) is 9.98 Å². The number of aliphatic imine (C=N–C) groups is 2. The van der Waals surface area contributed by atoms with E-state index in [0.717, 1.165) is 59.7 Å². The molecule has 0 saturated carbocycles. The molecular formula is C57H62N2O9. The molecule has 0 bridgehead atoms. The van der Waals surface area contributed by atoms with Crippen molar-refractivity contribution in [2.24, 2.45) is 9.98 Å². The third-order valence-electron chi connectivity index (χ3n) is 10.7. The van der Waals surface area contributed by atoms with Gasteiger partial charge in [0.2, 0.25) is 0 Å². The minimum atomic E-state index is -0.861. The molecule has 0 spiro atoms. The van der Waals surface area contributed by atoms with Crippen LogP contribution in [0.5, 0.6) is 34.5 Å². The van der Waals surface area contributed by atoms with Crippen molar-refractivity contribution >= 4 is 35.7 Å². The van der Waals surface area contributed by atoms with Gasteiger partial charge in [0.25, 0.3) is 0 Å². The van der Waals surface area contributed by atoms with Crippen molar-refractivity contribution in [3.8, 4) is 34.5 Å². The van der Waals surface area contributed by atoms with Crippen LogP contribution in [-0.2, 0) is 0 Å². The predicted octanol–water partition coefficient (Wildman–Crippen LogP) is 13.1. The number of carbonyl (C=O) groups is 2. The summed E-state index contributed by atoms with van der Waals surface area (Å²) >= 11 is 0. The molecule has 0 heterocycles. The number of hydrogen-bond donors (Lipinski definition) is 1. The molecule has 0 saturated heterocycles. The maximum Gasteiger partial charge on any atom is 0.343 e. The highest BCUT2D eigenvalue weighted by Crippen LogP contribution is 2.23. The molecule has 0 aliphatic carbocycles. The third kappa shape index (κ3) is 17.9. The number of aliphatic hydroxyl groups is 1. The van der Waals surface area contributed by atoms with Crippen molar-refractivity contribution in [1.82, 2.24) is 0 Å². The first-order valence-corrected chi connectivity index (χ1v) is 23.7. The number of carbonyl (C=O) groups excluding carboxylic acids is 2. The second-order valence-corrected chi connectivity index (χ2v) is 16.3. The van der Waals surface area contributed by atoms with Gasteiger partial charge >= 0.3 is 11.9 Å². The number of nitrogens with zero attached hydrogens (tertiary/aromatic N) is 2. The van der Waals surface area contributed by atoms with Crippen LogP contribution in [0.15, 0.2) is 156 Å². The number of hydrogen-bond acceptors (Lipinski definition) is 11. The molecule has 0 atom stereocenters. The van der Waals surface area contributed by atoms with E-state index in [1.165, 1.54) is 38.5 Å². The van der Waals surface area contributed by atoms with Crippen molar-refractivity contribution in [3.63, 3.8) is 0 Å². The average Bonchev–Trinajstić information content (AvgIpc) is 3.37. The number of rotatable bonds is 28. The molecule has 0 aliphatic rings. The molecule has 6 rings (SSSR count). The van der Waals surface area contributed by atoms with E-state index in [1.54, 1.807) is 109 Å². The molecule has 68 heavy (non-hydrogen) atoms. The molecule has 0 amide bonds. The summed E-state index contributed by atoms with van der Waals surface area (Å²) in [6.45, 7) is 5.82. The van der Waals surface area contributed by atoms with Gasteiger partial charge in [-0.1, -0.05) is 65.2 Å². The zero-order valence-electron chi connectivity index (χ0n) is 39.1. The van der Waals surface area contributed by atoms with E-state index in [-0.39, 0.29) is 13.2 Å². The quantitative estimate of drug-likeness (QED) is 0.0221. The van der Waals surface area contributed by atoms with Crippen LogP contribution < -0.4 is 28.4 Å². The molecule has 6 aromatic rings. The maximum atomic E-state index is 12.7. The average molecular weight is 919 g/mol. The molecule has 0 aromatic heterocycles. The van der Waals surface area contributed by atoms with Gasteiger partial charge in [-0.05, 0) is 170 Å². The Hall–Kier alpha value is -7.24. The number of esters is 2. The molecular weight excluding hydrogens is 857 g/mol. The summed E-state index contributed by atoms with van der Waals surface area (Å²) in [6, 6.07) is 42.6. The lowest BCUT2D eigenvalue weighted by atomic mass is 10.2. The van der Waals surface area contributed by atoms with Gasteiger partial charge in [-0.25, -0.2) is 9.59 Å². The summed E-state index contributed by atoms with van der Waals surface area (Å²) in [6.07, 6.45) is 14.3. The number of unbranched alkanes of at least 4 members (excludes halogenated alkanes) is 8. The fourth-order valence-corrected chi connectivity index (χ4v) is 6.73. The predicted molar refractivity (Wildman–Crippen MR) is 269 cm³/mol. The molecule has 0 fully saturated rings. The standard InChI is InChI=1S/C57H62N2O9/c1-3-5-7-9-11-37-63-50-29-17-45(18-30-50)56(61)67-54-25-13-43(14-26-54)39-58-47-21-33-52(34-22-47)65-41-49(60)42-66-53-35-23-48(24-36-53)59-40-44-15-27-55(28-16-44)68-57(62)46-19-31-51(32-20-46)64-38-12-10-8-6-4-2/h13-36,39-40,49,60H,3-12,37-38,41-42H2,1-2H3. The highest BCUT2D eigenvalue weighted by atomic mass is 16.5. The topological polar surface area (TPSA) is 134 Å². The fraction of sp³-hybridized carbons (Fsp3) is 0.298. The molecule has 0 radical (unpaired) electrons. The highest BCUT2D eigenvalue weighted by molar-refractivity contribution is 5.92. The van der Waals surface area contributed by atoms with Gasteiger partial charge in [-0.2, -0.15) is 0 Å². The van der Waals surface area contributed by atoms with E-state index in [2.05, 4.69) is 23.8 Å². The lowest BCUT2D eigenvalue weighted by molar-refractivity contribution is 0.0626. The summed E-state index contributed by atoms with van der Waals surface area (Å²) in [5.41, 5.74) is 4.01. The van der Waals surface area contributed by atoms with Gasteiger partial charge in [0, 0.05) is 12.4 Å². The minimum absolute atomic E-state index is 0.0424. The third-order valence-corrected chi connectivity index (χ3v) is 10.7. The number of benzene rings is 6. The van der Waals surface area contributed by atoms with Gasteiger partial charge < -0.3 is 33.5 Å². The first kappa shape index (κ1) is 50.2. The molecule has 0 aliphatic heterocycles. The Morgan fingerprint density at radius 2 is 0.750 bits per heavy atom. The first-order chi connectivity index (χ1) is 33.3. The molecule has 11 nitrogen and oxygen atoms in total. The van der Waals surface area contributed by atoms with Crippen molar-refractivity contribution in [2.45, 2.75) is 84.2 Å². The Morgan fingerprint density at radius 3 is 1.12 bits per heavy atom. The SMILES string of the molecule is CCCCCCCOc1ccc(C(=O)Oc2ccc(C=Nc3ccc(OCC(O)COc4ccc(N=Cc5ccc(OC(=O)c6ccc(OCCCCCCC)cc6)cc5)cc4)cc3)cc2)cc1. The van der Waals surface area contributed by atoms with Crippen LogP contribution in [0.3, 0.4) is 0 Å². The van der Waals surface area contributed by atoms with Crippen LogP contribution in [0.2, 0.25) is 0 Å². The van der Waals surface area contributed by atoms with E-state index >= 15 is 0 Å². The van der Waals surface area contributed by atoms with E-state index in [9.17, 15) is 14.7 Å². The highest BCUT2D eigenvalue weighted by Gasteiger charge is 2.12. The van der Waals surface area contributed by atoms with Crippen LogP contribution in [0.1, 0.15) is 110 Å². The maximum absolute atomic E-state index is 12.7. The Morgan fingerprint density at radius 1 is 0.426 bits per heavy atom. The van der Waals surface area contributed by atoms with Crippen LogP contribution in [0.25, 0.3) is 0 Å². The lowest BCUT2D eigenvalue weighted by Crippen LogP contribution is -2.25. The van der Waals surface area contributed by atoms with Crippen LogP contribution in [0, 0.1) is 0 Å². The number of aliphatic hydroxyl groups excluding tert-OH is 1. The Bertz CT molecular complexity index is 2280. The van der Waals surface area contributed by atoms with Gasteiger partial charge in [0.05, 0.1) is 35.7 Å². The summed E-state index contributed by atoms with van der Waals surface area (Å²) in [7, 11) is 0. The molecule has 354 valence electrons. The van der Waals surface area contributed by atoms with E-state index in [0.29, 0.717) is 47.3 Å². The van der Waals surface area contributed by atoms with Crippen LogP contribution in [-0.4, -0.2) is 62.0 Å². The Kier molecular flexibility index (Phi) is 20.7. The van der Waals surface area contributed by atoms with E-state index in [1.807, 2.05) is 48.5 Å². The van der Waals surface area contributed by atoms with Gasteiger partial charge in [0.1, 0.15) is 53.8 Å². The normalized spacial score (nSPS) is 11.6. The summed E-state index contributed by atoms with van der Waals surface area (Å²) in [4.78, 5) is 34.5. The zero-order chi connectivity index (χ0) is 47.6. The largest absolute Gasteiger partial charge is 0.494 e. The van der Waals surface area contributed by atoms with Crippen LogP contribution >= 0.6 is 0 Å². The second kappa shape index (κ2) is 28.1. The lowest BCUT2D eigenvalue weighted by Gasteiger charge is -2.14. The van der Waals surface area contributed by atoms with Crippen molar-refractivity contribution in [2.75, 3.05) is 26.4 Å². The van der Waals surface area contributed by atoms with Gasteiger partial charge in [-0.15, -0.1) is 0 Å². The molecule has 11 heteroatoms. The Balaban J connectivity index is 0.847.